The van der Waals surface area contributed by atoms with Crippen molar-refractivity contribution in [3.8, 4) is 0 Å². The number of rotatable bonds is 5. The first-order valence-electron chi connectivity index (χ1n) is 9.61. The summed E-state index contributed by atoms with van der Waals surface area (Å²) in [7, 11) is 0. The van der Waals surface area contributed by atoms with Gasteiger partial charge in [0.1, 0.15) is 0 Å². The molecule has 2 aromatic carbocycles. The topological polar surface area (TPSA) is 52.7 Å². The largest absolute Gasteiger partial charge is 0.341 e. The molecule has 1 heterocycles. The highest BCUT2D eigenvalue weighted by Crippen LogP contribution is 2.08. The summed E-state index contributed by atoms with van der Waals surface area (Å²) in [6, 6.07) is 19.9. The first-order valence-corrected chi connectivity index (χ1v) is 9.61. The molecule has 5 heteroatoms. The molecule has 1 N–H and O–H groups in total. The van der Waals surface area contributed by atoms with Crippen molar-refractivity contribution >= 4 is 11.9 Å². The maximum Gasteiger partial charge on any atom is 0.317 e. The molecule has 2 aromatic rings. The quantitative estimate of drug-likeness (QED) is 0.886. The Morgan fingerprint density at radius 3 is 2.07 bits per heavy atom. The standard InChI is InChI=1S/C22H27N3O2/c26-21(18-20-10-5-2-6-11-20)24-14-7-15-25(17-16-24)22(27)23-13-12-19-8-3-1-4-9-19/h1-6,8-11H,7,12-18H2,(H,23,27). The summed E-state index contributed by atoms with van der Waals surface area (Å²) < 4.78 is 0. The average molecular weight is 365 g/mol. The number of nitrogens with one attached hydrogen (secondary N) is 1. The third-order valence-corrected chi connectivity index (χ3v) is 4.87. The molecule has 142 valence electrons. The van der Waals surface area contributed by atoms with Crippen LogP contribution in [-0.2, 0) is 17.6 Å². The second-order valence-electron chi connectivity index (χ2n) is 6.85. The lowest BCUT2D eigenvalue weighted by atomic mass is 10.1. The van der Waals surface area contributed by atoms with Crippen LogP contribution in [0.2, 0.25) is 0 Å². The minimum Gasteiger partial charge on any atom is -0.341 e. The SMILES string of the molecule is O=C(Cc1ccccc1)N1CCCN(C(=O)NCCc2ccccc2)CC1. The van der Waals surface area contributed by atoms with Crippen molar-refractivity contribution in [1.29, 1.82) is 0 Å². The van der Waals surface area contributed by atoms with Crippen molar-refractivity contribution in [2.45, 2.75) is 19.3 Å². The molecule has 0 aromatic heterocycles. The third kappa shape index (κ3) is 5.84. The lowest BCUT2D eigenvalue weighted by Gasteiger charge is -2.22. The molecular weight excluding hydrogens is 338 g/mol. The zero-order chi connectivity index (χ0) is 18.9. The minimum absolute atomic E-state index is 0.0386. The van der Waals surface area contributed by atoms with E-state index in [0.717, 1.165) is 18.4 Å². The van der Waals surface area contributed by atoms with E-state index in [1.54, 1.807) is 0 Å². The molecule has 3 amide bonds. The summed E-state index contributed by atoms with van der Waals surface area (Å²) in [5, 5.41) is 3.00. The Labute approximate surface area is 161 Å². The molecule has 0 bridgehead atoms. The molecule has 1 fully saturated rings. The van der Waals surface area contributed by atoms with Crippen LogP contribution in [0, 0.1) is 0 Å². The highest BCUT2D eigenvalue weighted by Gasteiger charge is 2.21. The van der Waals surface area contributed by atoms with Gasteiger partial charge < -0.3 is 15.1 Å². The van der Waals surface area contributed by atoms with E-state index in [1.807, 2.05) is 58.3 Å². The Balaban J connectivity index is 1.43. The third-order valence-electron chi connectivity index (χ3n) is 4.87. The Morgan fingerprint density at radius 1 is 0.778 bits per heavy atom. The van der Waals surface area contributed by atoms with Crippen molar-refractivity contribution in [1.82, 2.24) is 15.1 Å². The molecule has 5 nitrogen and oxygen atoms in total. The van der Waals surface area contributed by atoms with E-state index in [-0.39, 0.29) is 11.9 Å². The molecule has 0 aliphatic carbocycles. The highest BCUT2D eigenvalue weighted by atomic mass is 16.2. The fourth-order valence-corrected chi connectivity index (χ4v) is 3.32. The van der Waals surface area contributed by atoms with Gasteiger partial charge in [-0.1, -0.05) is 60.7 Å². The summed E-state index contributed by atoms with van der Waals surface area (Å²) in [4.78, 5) is 28.7. The lowest BCUT2D eigenvalue weighted by molar-refractivity contribution is -0.130. The molecule has 0 radical (unpaired) electrons. The first-order chi connectivity index (χ1) is 13.2. The van der Waals surface area contributed by atoms with Crippen LogP contribution in [0.25, 0.3) is 0 Å². The van der Waals surface area contributed by atoms with E-state index in [4.69, 9.17) is 0 Å². The average Bonchev–Trinajstić information content (AvgIpc) is 2.96. The van der Waals surface area contributed by atoms with Crippen LogP contribution in [0.3, 0.4) is 0 Å². The molecule has 0 unspecified atom stereocenters. The van der Waals surface area contributed by atoms with Crippen LogP contribution in [0.5, 0.6) is 0 Å². The van der Waals surface area contributed by atoms with Crippen molar-refractivity contribution in [2.24, 2.45) is 0 Å². The van der Waals surface area contributed by atoms with Crippen LogP contribution in [0.1, 0.15) is 17.5 Å². The van der Waals surface area contributed by atoms with Crippen LogP contribution < -0.4 is 5.32 Å². The fraction of sp³-hybridized carbons (Fsp3) is 0.364. The summed E-state index contributed by atoms with van der Waals surface area (Å²) in [6.45, 7) is 3.19. The maximum absolute atomic E-state index is 12.5. The molecule has 1 aliphatic heterocycles. The van der Waals surface area contributed by atoms with E-state index in [1.165, 1.54) is 5.56 Å². The number of carbonyl (C=O) groups is 2. The smallest absolute Gasteiger partial charge is 0.317 e. The zero-order valence-electron chi connectivity index (χ0n) is 15.6. The van der Waals surface area contributed by atoms with E-state index >= 15 is 0 Å². The molecule has 27 heavy (non-hydrogen) atoms. The molecule has 0 saturated carbocycles. The van der Waals surface area contributed by atoms with Crippen LogP contribution in [0.4, 0.5) is 4.79 Å². The van der Waals surface area contributed by atoms with E-state index in [0.29, 0.717) is 39.1 Å². The Morgan fingerprint density at radius 2 is 1.37 bits per heavy atom. The maximum atomic E-state index is 12.5. The monoisotopic (exact) mass is 365 g/mol. The van der Waals surface area contributed by atoms with Gasteiger partial charge in [0.25, 0.3) is 0 Å². The van der Waals surface area contributed by atoms with Crippen molar-refractivity contribution in [2.75, 3.05) is 32.7 Å². The highest BCUT2D eigenvalue weighted by molar-refractivity contribution is 5.79. The van der Waals surface area contributed by atoms with Gasteiger partial charge >= 0.3 is 6.03 Å². The van der Waals surface area contributed by atoms with Crippen LogP contribution in [-0.4, -0.2) is 54.5 Å². The van der Waals surface area contributed by atoms with Crippen molar-refractivity contribution < 1.29 is 9.59 Å². The Hall–Kier alpha value is -2.82. The van der Waals surface area contributed by atoms with Gasteiger partial charge in [-0.3, -0.25) is 4.79 Å². The first kappa shape index (κ1) is 19.0. The number of hydrogen-bond acceptors (Lipinski definition) is 2. The zero-order valence-corrected chi connectivity index (χ0v) is 15.6. The summed E-state index contributed by atoms with van der Waals surface area (Å²) in [5.41, 5.74) is 2.24. The minimum atomic E-state index is -0.0386. The molecule has 0 atom stereocenters. The normalized spacial score (nSPS) is 14.5. The number of urea groups is 1. The number of benzene rings is 2. The van der Waals surface area contributed by atoms with Gasteiger partial charge in [-0.15, -0.1) is 0 Å². The van der Waals surface area contributed by atoms with Crippen molar-refractivity contribution in [3.05, 3.63) is 71.8 Å². The van der Waals surface area contributed by atoms with Gasteiger partial charge in [-0.2, -0.15) is 0 Å². The molecule has 3 rings (SSSR count). The van der Waals surface area contributed by atoms with Gasteiger partial charge in [0.05, 0.1) is 6.42 Å². The Bertz CT molecular complexity index is 734. The summed E-state index contributed by atoms with van der Waals surface area (Å²) in [6.07, 6.45) is 2.05. The van der Waals surface area contributed by atoms with E-state index in [9.17, 15) is 9.59 Å². The van der Waals surface area contributed by atoms with Gasteiger partial charge in [0, 0.05) is 32.7 Å². The predicted molar refractivity (Wildman–Crippen MR) is 106 cm³/mol. The molecule has 0 spiro atoms. The number of nitrogens with zero attached hydrogens (tertiary/aromatic N) is 2. The van der Waals surface area contributed by atoms with E-state index < -0.39 is 0 Å². The van der Waals surface area contributed by atoms with Gasteiger partial charge in [-0.25, -0.2) is 4.79 Å². The molecule has 1 saturated heterocycles. The number of hydrogen-bond donors (Lipinski definition) is 1. The summed E-state index contributed by atoms with van der Waals surface area (Å²) >= 11 is 0. The predicted octanol–water partition coefficient (Wildman–Crippen LogP) is 2.72. The fourth-order valence-electron chi connectivity index (χ4n) is 3.32. The number of carbonyl (C=O) groups excluding carboxylic acids is 2. The van der Waals surface area contributed by atoms with Crippen molar-refractivity contribution in [3.63, 3.8) is 0 Å². The summed E-state index contributed by atoms with van der Waals surface area (Å²) in [5.74, 6) is 0.132. The Kier molecular flexibility index (Phi) is 6.85. The van der Waals surface area contributed by atoms with Gasteiger partial charge in [0.2, 0.25) is 5.91 Å². The van der Waals surface area contributed by atoms with Crippen LogP contribution in [0.15, 0.2) is 60.7 Å². The van der Waals surface area contributed by atoms with Gasteiger partial charge in [-0.05, 0) is 24.0 Å². The second-order valence-corrected chi connectivity index (χ2v) is 6.85. The molecule has 1 aliphatic rings. The van der Waals surface area contributed by atoms with Gasteiger partial charge in [0.15, 0.2) is 0 Å². The second kappa shape index (κ2) is 9.76. The van der Waals surface area contributed by atoms with Crippen LogP contribution >= 0.6 is 0 Å². The molecular formula is C22H27N3O2. The number of amides is 3. The lowest BCUT2D eigenvalue weighted by Crippen LogP contribution is -2.43. The van der Waals surface area contributed by atoms with E-state index in [2.05, 4.69) is 17.4 Å².